The average molecular weight is 372 g/mol. The molecule has 0 saturated carbocycles. The topological polar surface area (TPSA) is 44.4 Å². The molecule has 1 amide bonds. The van der Waals surface area contributed by atoms with Crippen molar-refractivity contribution in [1.29, 1.82) is 0 Å². The maximum atomic E-state index is 12.2. The largest absolute Gasteiger partial charge is 0.325 e. The first kappa shape index (κ1) is 18.9. The van der Waals surface area contributed by atoms with Crippen LogP contribution in [-0.4, -0.2) is 30.4 Å². The number of anilines is 1. The molecule has 1 aliphatic rings. The molecule has 1 saturated heterocycles. The molecule has 5 heteroatoms. The molecule has 1 aliphatic heterocycles. The molecule has 1 heterocycles. The minimum absolute atomic E-state index is 0.0498. The molecule has 4 nitrogen and oxygen atoms in total. The van der Waals surface area contributed by atoms with E-state index in [0.29, 0.717) is 5.02 Å². The third-order valence-corrected chi connectivity index (χ3v) is 5.00. The highest BCUT2D eigenvalue weighted by Gasteiger charge is 2.12. The van der Waals surface area contributed by atoms with Gasteiger partial charge in [-0.25, -0.2) is 0 Å². The second kappa shape index (κ2) is 9.17. The first-order chi connectivity index (χ1) is 12.6. The lowest BCUT2D eigenvalue weighted by molar-refractivity contribution is -0.115. The quantitative estimate of drug-likeness (QED) is 0.765. The van der Waals surface area contributed by atoms with Gasteiger partial charge in [-0.3, -0.25) is 9.69 Å². The Balaban J connectivity index is 1.45. The van der Waals surface area contributed by atoms with Crippen molar-refractivity contribution >= 4 is 23.2 Å². The molecule has 3 rings (SSSR count). The van der Waals surface area contributed by atoms with Gasteiger partial charge in [-0.1, -0.05) is 35.9 Å². The van der Waals surface area contributed by atoms with Crippen molar-refractivity contribution in [2.45, 2.75) is 32.4 Å². The first-order valence-electron chi connectivity index (χ1n) is 9.20. The van der Waals surface area contributed by atoms with Crippen LogP contribution in [0.25, 0.3) is 0 Å². The predicted octanol–water partition coefficient (Wildman–Crippen LogP) is 4.23. The number of hydrogen-bond donors (Lipinski definition) is 2. The molecule has 0 aromatic heterocycles. The van der Waals surface area contributed by atoms with Crippen LogP contribution < -0.4 is 10.6 Å². The predicted molar refractivity (Wildman–Crippen MR) is 107 cm³/mol. The maximum absolute atomic E-state index is 12.2. The number of nitrogens with one attached hydrogen (secondary N) is 2. The van der Waals surface area contributed by atoms with Crippen LogP contribution in [0.3, 0.4) is 0 Å². The van der Waals surface area contributed by atoms with Crippen molar-refractivity contribution < 1.29 is 4.79 Å². The zero-order valence-electron chi connectivity index (χ0n) is 15.2. The highest BCUT2D eigenvalue weighted by molar-refractivity contribution is 6.30. The van der Waals surface area contributed by atoms with Gasteiger partial charge >= 0.3 is 0 Å². The third kappa shape index (κ3) is 5.56. The Kier molecular flexibility index (Phi) is 6.67. The van der Waals surface area contributed by atoms with Crippen LogP contribution in [0.2, 0.25) is 5.02 Å². The summed E-state index contributed by atoms with van der Waals surface area (Å²) in [5.74, 6) is -0.0498. The molecule has 0 unspecified atom stereocenters. The number of benzene rings is 2. The minimum atomic E-state index is -0.0498. The summed E-state index contributed by atoms with van der Waals surface area (Å²) in [6, 6.07) is 15.9. The lowest BCUT2D eigenvalue weighted by Crippen LogP contribution is -2.30. The summed E-state index contributed by atoms with van der Waals surface area (Å²) in [6.07, 6.45) is 2.60. The summed E-state index contributed by atoms with van der Waals surface area (Å²) >= 11 is 6.02. The van der Waals surface area contributed by atoms with E-state index in [1.807, 2.05) is 43.3 Å². The monoisotopic (exact) mass is 371 g/mol. The van der Waals surface area contributed by atoms with Crippen molar-refractivity contribution in [1.82, 2.24) is 10.2 Å². The number of carbonyl (C=O) groups is 1. The third-order valence-electron chi connectivity index (χ3n) is 4.76. The zero-order chi connectivity index (χ0) is 18.4. The van der Waals surface area contributed by atoms with Crippen LogP contribution in [-0.2, 0) is 11.3 Å². The Morgan fingerprint density at radius 1 is 1.15 bits per heavy atom. The maximum Gasteiger partial charge on any atom is 0.238 e. The van der Waals surface area contributed by atoms with Gasteiger partial charge in [0.15, 0.2) is 0 Å². The second-order valence-corrected chi connectivity index (χ2v) is 7.32. The van der Waals surface area contributed by atoms with Crippen LogP contribution >= 0.6 is 11.6 Å². The Bertz CT molecular complexity index is 726. The molecule has 26 heavy (non-hydrogen) atoms. The molecule has 1 fully saturated rings. The van der Waals surface area contributed by atoms with Gasteiger partial charge < -0.3 is 10.6 Å². The van der Waals surface area contributed by atoms with Crippen molar-refractivity contribution in [3.8, 4) is 0 Å². The van der Waals surface area contributed by atoms with E-state index in [4.69, 9.17) is 11.6 Å². The van der Waals surface area contributed by atoms with Gasteiger partial charge in [-0.2, -0.15) is 0 Å². The second-order valence-electron chi connectivity index (χ2n) is 6.89. The van der Waals surface area contributed by atoms with E-state index < -0.39 is 0 Å². The molecule has 0 bridgehead atoms. The summed E-state index contributed by atoms with van der Waals surface area (Å²) in [6.45, 7) is 5.65. The molecule has 0 radical (unpaired) electrons. The molecule has 0 aliphatic carbocycles. The molecule has 1 atom stereocenters. The lowest BCUT2D eigenvalue weighted by atomic mass is 10.1. The number of nitrogens with zero attached hydrogens (tertiary/aromatic N) is 1. The number of carbonyl (C=O) groups excluding carboxylic acids is 1. The van der Waals surface area contributed by atoms with Gasteiger partial charge in [0, 0.05) is 23.3 Å². The lowest BCUT2D eigenvalue weighted by Gasteiger charge is -2.16. The van der Waals surface area contributed by atoms with Gasteiger partial charge in [-0.05, 0) is 68.2 Å². The van der Waals surface area contributed by atoms with Gasteiger partial charge in [-0.15, -0.1) is 0 Å². The fourth-order valence-electron chi connectivity index (χ4n) is 3.24. The van der Waals surface area contributed by atoms with E-state index in [1.54, 1.807) is 0 Å². The Morgan fingerprint density at radius 2 is 1.88 bits per heavy atom. The number of halogens is 1. The Morgan fingerprint density at radius 3 is 2.58 bits per heavy atom. The highest BCUT2D eigenvalue weighted by atomic mass is 35.5. The van der Waals surface area contributed by atoms with Gasteiger partial charge in [0.25, 0.3) is 0 Å². The first-order valence-corrected chi connectivity index (χ1v) is 9.58. The van der Waals surface area contributed by atoms with E-state index >= 15 is 0 Å². The fourth-order valence-corrected chi connectivity index (χ4v) is 3.44. The Labute approximate surface area is 160 Å². The van der Waals surface area contributed by atoms with E-state index in [1.165, 1.54) is 31.5 Å². The van der Waals surface area contributed by atoms with Crippen LogP contribution in [0.15, 0.2) is 48.5 Å². The van der Waals surface area contributed by atoms with E-state index in [2.05, 4.69) is 27.7 Å². The average Bonchev–Trinajstić information content (AvgIpc) is 3.14. The number of hydrogen-bond acceptors (Lipinski definition) is 3. The van der Waals surface area contributed by atoms with E-state index in [9.17, 15) is 4.79 Å². The van der Waals surface area contributed by atoms with Gasteiger partial charge in [0.2, 0.25) is 5.91 Å². The summed E-state index contributed by atoms with van der Waals surface area (Å²) in [5, 5.41) is 6.87. The Hall–Kier alpha value is -1.88. The summed E-state index contributed by atoms with van der Waals surface area (Å²) in [5.41, 5.74) is 3.19. The smallest absolute Gasteiger partial charge is 0.238 e. The number of likely N-dealkylation sites (tertiary alicyclic amines) is 1. The van der Waals surface area contributed by atoms with Crippen molar-refractivity contribution in [2.75, 3.05) is 25.0 Å². The fraction of sp³-hybridized carbons (Fsp3) is 0.381. The zero-order valence-corrected chi connectivity index (χ0v) is 15.9. The molecule has 2 N–H and O–H groups in total. The number of rotatable bonds is 7. The van der Waals surface area contributed by atoms with Crippen LogP contribution in [0.5, 0.6) is 0 Å². The van der Waals surface area contributed by atoms with Crippen LogP contribution in [0, 0.1) is 0 Å². The molecule has 2 aromatic carbocycles. The molecular formula is C21H26ClN3O. The van der Waals surface area contributed by atoms with Crippen LogP contribution in [0.4, 0.5) is 5.69 Å². The van der Waals surface area contributed by atoms with Crippen molar-refractivity contribution in [3.63, 3.8) is 0 Å². The van der Waals surface area contributed by atoms with Crippen molar-refractivity contribution in [3.05, 3.63) is 64.7 Å². The SMILES string of the molecule is C[C@H](NCC(=O)Nc1ccc(CN2CCCC2)cc1)c1cccc(Cl)c1. The molecule has 2 aromatic rings. The van der Waals surface area contributed by atoms with Crippen LogP contribution in [0.1, 0.15) is 36.9 Å². The summed E-state index contributed by atoms with van der Waals surface area (Å²) in [7, 11) is 0. The normalized spacial score (nSPS) is 15.8. The summed E-state index contributed by atoms with van der Waals surface area (Å²) < 4.78 is 0. The van der Waals surface area contributed by atoms with Gasteiger partial charge in [0.05, 0.1) is 6.54 Å². The van der Waals surface area contributed by atoms with Gasteiger partial charge in [0.1, 0.15) is 0 Å². The number of amides is 1. The standard InChI is InChI=1S/C21H26ClN3O/c1-16(18-5-4-6-19(22)13-18)23-14-21(26)24-20-9-7-17(8-10-20)15-25-11-2-3-12-25/h4-10,13,16,23H,2-3,11-12,14-15H2,1H3,(H,24,26)/t16-/m0/s1. The summed E-state index contributed by atoms with van der Waals surface area (Å²) in [4.78, 5) is 14.6. The molecule has 138 valence electrons. The minimum Gasteiger partial charge on any atom is -0.325 e. The molecule has 0 spiro atoms. The van der Waals surface area contributed by atoms with E-state index in [-0.39, 0.29) is 18.5 Å². The van der Waals surface area contributed by atoms with Crippen molar-refractivity contribution in [2.24, 2.45) is 0 Å². The van der Waals surface area contributed by atoms with E-state index in [0.717, 1.165) is 17.8 Å². The molecular weight excluding hydrogens is 346 g/mol. The highest BCUT2D eigenvalue weighted by Crippen LogP contribution is 2.17.